The molecule has 6 heteroatoms. The lowest BCUT2D eigenvalue weighted by Crippen LogP contribution is -2.37. The number of aliphatic hydroxyl groups is 1. The van der Waals surface area contributed by atoms with Crippen molar-refractivity contribution in [1.82, 2.24) is 9.55 Å². The second-order valence-corrected chi connectivity index (χ2v) is 7.95. The fourth-order valence-electron chi connectivity index (χ4n) is 4.05. The highest BCUT2D eigenvalue weighted by Crippen LogP contribution is 2.48. The highest BCUT2D eigenvalue weighted by Gasteiger charge is 2.43. The van der Waals surface area contributed by atoms with Crippen molar-refractivity contribution in [2.45, 2.75) is 39.2 Å². The van der Waals surface area contributed by atoms with Gasteiger partial charge in [-0.1, -0.05) is 44.2 Å². The van der Waals surface area contributed by atoms with E-state index in [2.05, 4.69) is 18.8 Å². The van der Waals surface area contributed by atoms with Crippen LogP contribution in [0.5, 0.6) is 5.88 Å². The average Bonchev–Trinajstić information content (AvgIpc) is 2.62. The number of ketones is 1. The summed E-state index contributed by atoms with van der Waals surface area (Å²) in [7, 11) is 0. The zero-order valence-electron chi connectivity index (χ0n) is 15.5. The van der Waals surface area contributed by atoms with Crippen molar-refractivity contribution >= 4 is 5.78 Å². The molecule has 1 aromatic carbocycles. The summed E-state index contributed by atoms with van der Waals surface area (Å²) in [5.74, 6) is 0.745. The minimum absolute atomic E-state index is 0.0673. The van der Waals surface area contributed by atoms with Crippen molar-refractivity contribution in [3.8, 4) is 5.88 Å². The Labute approximate surface area is 157 Å². The van der Waals surface area contributed by atoms with E-state index in [1.165, 1.54) is 6.33 Å². The number of ether oxygens (including phenoxy) is 1. The van der Waals surface area contributed by atoms with E-state index in [1.807, 2.05) is 30.3 Å². The van der Waals surface area contributed by atoms with Crippen molar-refractivity contribution in [3.05, 3.63) is 64.6 Å². The summed E-state index contributed by atoms with van der Waals surface area (Å²) in [5.41, 5.74) is 2.23. The molecular weight excluding hydrogens is 342 g/mol. The van der Waals surface area contributed by atoms with Crippen molar-refractivity contribution < 1.29 is 14.6 Å². The molecule has 1 aliphatic heterocycles. The maximum Gasteiger partial charge on any atom is 0.228 e. The topological polar surface area (TPSA) is 88.2 Å². The number of benzene rings is 1. The molecule has 1 aromatic heterocycles. The first-order chi connectivity index (χ1) is 12.9. The van der Waals surface area contributed by atoms with Crippen LogP contribution in [-0.2, 0) is 11.3 Å². The highest BCUT2D eigenvalue weighted by molar-refractivity contribution is 6.00. The first-order valence-electron chi connectivity index (χ1n) is 9.15. The number of hydrogen-bond acceptors (Lipinski definition) is 5. The van der Waals surface area contributed by atoms with Crippen molar-refractivity contribution in [2.75, 3.05) is 6.61 Å². The van der Waals surface area contributed by atoms with Gasteiger partial charge < -0.3 is 14.4 Å². The van der Waals surface area contributed by atoms with Gasteiger partial charge in [-0.15, -0.1) is 0 Å². The number of nitrogens with zero attached hydrogens (tertiary/aromatic N) is 2. The number of rotatable bonds is 3. The maximum atomic E-state index is 13.1. The number of aliphatic hydroxyl groups excluding tert-OH is 1. The van der Waals surface area contributed by atoms with Crippen molar-refractivity contribution in [2.24, 2.45) is 5.41 Å². The number of hydrogen-bond donors (Lipinski definition) is 2. The number of allylic oxidation sites excluding steroid dienone is 2. The predicted octanol–water partition coefficient (Wildman–Crippen LogP) is 2.52. The number of fused-ring (bicyclic) bond motifs is 1. The van der Waals surface area contributed by atoms with Crippen molar-refractivity contribution in [1.29, 1.82) is 5.41 Å². The second-order valence-electron chi connectivity index (χ2n) is 7.95. The SMILES string of the molecule is CC1(C)CC(=O)C2=C(C1)Oc1ncn(CCO)c(=N)c1[C@@H]2c1ccccc1. The number of carbonyl (C=O) groups excluding carboxylic acids is 1. The van der Waals surface area contributed by atoms with E-state index < -0.39 is 0 Å². The van der Waals surface area contributed by atoms with Crippen LogP contribution in [0, 0.1) is 10.8 Å². The number of aromatic nitrogens is 2. The lowest BCUT2D eigenvalue weighted by atomic mass is 9.70. The fraction of sp³-hybridized carbons (Fsp3) is 0.381. The molecule has 2 aromatic rings. The van der Waals surface area contributed by atoms with E-state index in [9.17, 15) is 9.90 Å². The number of nitrogens with one attached hydrogen (secondary N) is 1. The Bertz CT molecular complexity index is 989. The Morgan fingerprint density at radius 2 is 2.04 bits per heavy atom. The van der Waals surface area contributed by atoms with Gasteiger partial charge in [0.1, 0.15) is 17.6 Å². The third kappa shape index (κ3) is 3.00. The lowest BCUT2D eigenvalue weighted by molar-refractivity contribution is -0.118. The predicted molar refractivity (Wildman–Crippen MR) is 99.1 cm³/mol. The van der Waals surface area contributed by atoms with Crippen LogP contribution in [-0.4, -0.2) is 27.0 Å². The van der Waals surface area contributed by atoms with Gasteiger partial charge >= 0.3 is 0 Å². The molecule has 2 aliphatic rings. The van der Waals surface area contributed by atoms with E-state index >= 15 is 0 Å². The molecule has 2 heterocycles. The molecule has 0 spiro atoms. The number of Topliss-reactive ketones (excluding diaryl/α,β-unsaturated/α-hetero) is 1. The standard InChI is InChI=1S/C21H23N3O3/c1-21(2)10-14(26)17-15(11-21)27-20-18(16(17)13-6-4-3-5-7-13)19(22)24(8-9-25)12-23-20/h3-7,12,16,22,25H,8-11H2,1-2H3/t16-/m1/s1. The summed E-state index contributed by atoms with van der Waals surface area (Å²) in [6.07, 6.45) is 2.64. The van der Waals surface area contributed by atoms with Gasteiger partial charge in [0.15, 0.2) is 5.78 Å². The van der Waals surface area contributed by atoms with Gasteiger partial charge in [0, 0.05) is 30.9 Å². The molecule has 0 saturated heterocycles. The third-order valence-corrected chi connectivity index (χ3v) is 5.24. The Balaban J connectivity index is 1.97. The van der Waals surface area contributed by atoms with Gasteiger partial charge in [0.2, 0.25) is 5.88 Å². The largest absolute Gasteiger partial charge is 0.442 e. The molecule has 4 rings (SSSR count). The Morgan fingerprint density at radius 1 is 1.30 bits per heavy atom. The number of carbonyl (C=O) groups is 1. The normalized spacial score (nSPS) is 20.7. The molecule has 27 heavy (non-hydrogen) atoms. The van der Waals surface area contributed by atoms with Crippen LogP contribution < -0.4 is 10.2 Å². The maximum absolute atomic E-state index is 13.1. The monoisotopic (exact) mass is 365 g/mol. The minimum atomic E-state index is -0.375. The smallest absolute Gasteiger partial charge is 0.228 e. The van der Waals surface area contributed by atoms with Crippen molar-refractivity contribution in [3.63, 3.8) is 0 Å². The molecule has 0 unspecified atom stereocenters. The van der Waals surface area contributed by atoms with E-state index in [0.29, 0.717) is 35.6 Å². The first kappa shape index (κ1) is 17.7. The van der Waals surface area contributed by atoms with E-state index in [-0.39, 0.29) is 35.8 Å². The van der Waals surface area contributed by atoms with Gasteiger partial charge in [-0.25, -0.2) is 4.98 Å². The third-order valence-electron chi connectivity index (χ3n) is 5.24. The first-order valence-corrected chi connectivity index (χ1v) is 9.15. The molecule has 0 bridgehead atoms. The summed E-state index contributed by atoms with van der Waals surface area (Å²) in [6.45, 7) is 4.31. The lowest BCUT2D eigenvalue weighted by Gasteiger charge is -2.37. The summed E-state index contributed by atoms with van der Waals surface area (Å²) in [5, 5.41) is 17.9. The molecular formula is C21H23N3O3. The van der Waals surface area contributed by atoms with Crippen LogP contribution in [0.1, 0.15) is 43.7 Å². The van der Waals surface area contributed by atoms with E-state index in [4.69, 9.17) is 10.1 Å². The summed E-state index contributed by atoms with van der Waals surface area (Å²) >= 11 is 0. The minimum Gasteiger partial charge on any atom is -0.442 e. The van der Waals surface area contributed by atoms with Gasteiger partial charge in [0.05, 0.1) is 12.2 Å². The van der Waals surface area contributed by atoms with Gasteiger partial charge in [-0.2, -0.15) is 0 Å². The molecule has 6 nitrogen and oxygen atoms in total. The van der Waals surface area contributed by atoms with Crippen LogP contribution in [0.25, 0.3) is 0 Å². The Hall–Kier alpha value is -2.73. The fourth-order valence-corrected chi connectivity index (χ4v) is 4.05. The summed E-state index contributed by atoms with van der Waals surface area (Å²) in [6, 6.07) is 9.75. The average molecular weight is 365 g/mol. The Morgan fingerprint density at radius 3 is 2.74 bits per heavy atom. The van der Waals surface area contributed by atoms with Crippen LogP contribution in [0.15, 0.2) is 48.0 Å². The van der Waals surface area contributed by atoms with Gasteiger partial charge in [0.25, 0.3) is 0 Å². The molecule has 0 amide bonds. The Kier molecular flexibility index (Phi) is 4.23. The zero-order chi connectivity index (χ0) is 19.2. The molecule has 1 atom stereocenters. The van der Waals surface area contributed by atoms with Gasteiger partial charge in [-0.3, -0.25) is 10.2 Å². The van der Waals surface area contributed by atoms with E-state index in [1.54, 1.807) is 4.57 Å². The van der Waals surface area contributed by atoms with Gasteiger partial charge in [-0.05, 0) is 11.0 Å². The summed E-state index contributed by atoms with van der Waals surface area (Å²) < 4.78 is 7.64. The molecule has 0 radical (unpaired) electrons. The summed E-state index contributed by atoms with van der Waals surface area (Å²) in [4.78, 5) is 17.5. The molecule has 0 saturated carbocycles. The zero-order valence-corrected chi connectivity index (χ0v) is 15.5. The van der Waals surface area contributed by atoms with Crippen LogP contribution in [0.3, 0.4) is 0 Å². The molecule has 0 fully saturated rings. The molecule has 2 N–H and O–H groups in total. The van der Waals surface area contributed by atoms with E-state index in [0.717, 1.165) is 5.56 Å². The van der Waals surface area contributed by atoms with Crippen LogP contribution in [0.4, 0.5) is 0 Å². The molecule has 140 valence electrons. The van der Waals surface area contributed by atoms with Crippen LogP contribution >= 0.6 is 0 Å². The second kappa shape index (κ2) is 6.46. The van der Waals surface area contributed by atoms with Crippen LogP contribution in [0.2, 0.25) is 0 Å². The quantitative estimate of drug-likeness (QED) is 0.875. The molecule has 1 aliphatic carbocycles. The highest BCUT2D eigenvalue weighted by atomic mass is 16.5.